The molecule has 1 amide bonds. The standard InChI is InChI=1S/C29H24N6O.C7H14O.C3H8.C2H6/c1-3-4-18-5-7-21-16-35(29(36)24(21)11-18)27-14-22(13-26(32-27)20-8-9-20)23-10-6-19(15-30)12-25(23)28-33-31-17-34(28)2;1-2-7(8)5-3-4-6-7;1-3-2;1-2/h3,5-7,10-14,17,20H,1,4,8-9,16H2,2H3;8H,2-6H2,1H3;3H2,1-2H3;1-2H3. The maximum Gasteiger partial charge on any atom is 0.260 e. The maximum absolute atomic E-state index is 13.5. The Morgan fingerprint density at radius 2 is 1.73 bits per heavy atom. The molecule has 7 rings (SSSR count). The smallest absolute Gasteiger partial charge is 0.260 e. The molecule has 0 radical (unpaired) electrons. The second-order valence-electron chi connectivity index (χ2n) is 12.9. The zero-order valence-corrected chi connectivity index (χ0v) is 30.2. The summed E-state index contributed by atoms with van der Waals surface area (Å²) in [6, 6.07) is 18.0. The molecule has 2 fully saturated rings. The van der Waals surface area contributed by atoms with Gasteiger partial charge in [0.15, 0.2) is 5.82 Å². The number of anilines is 1. The summed E-state index contributed by atoms with van der Waals surface area (Å²) in [6.45, 7) is 14.6. The lowest BCUT2D eigenvalue weighted by Crippen LogP contribution is -2.24. The Balaban J connectivity index is 0.000000355. The number of hydrogen-bond acceptors (Lipinski definition) is 6. The fourth-order valence-corrected chi connectivity index (χ4v) is 6.21. The summed E-state index contributed by atoms with van der Waals surface area (Å²) in [5.74, 6) is 1.69. The molecular formula is C41H52N6O2. The molecule has 0 spiro atoms. The third kappa shape index (κ3) is 8.90. The molecule has 2 aliphatic carbocycles. The van der Waals surface area contributed by atoms with Crippen molar-refractivity contribution in [2.45, 2.75) is 110 Å². The number of carbonyl (C=O) groups is 1. The first-order valence-electron chi connectivity index (χ1n) is 17.9. The summed E-state index contributed by atoms with van der Waals surface area (Å²) in [5, 5.41) is 27.4. The fourth-order valence-electron chi connectivity index (χ4n) is 6.21. The number of nitriles is 1. The number of rotatable bonds is 7. The van der Waals surface area contributed by atoms with Gasteiger partial charge in [-0.25, -0.2) is 4.98 Å². The first-order valence-corrected chi connectivity index (χ1v) is 17.9. The van der Waals surface area contributed by atoms with E-state index in [2.05, 4.69) is 55.7 Å². The zero-order chi connectivity index (χ0) is 35.6. The van der Waals surface area contributed by atoms with Crippen LogP contribution < -0.4 is 4.90 Å². The van der Waals surface area contributed by atoms with Gasteiger partial charge in [-0.3, -0.25) is 9.69 Å². The quantitative estimate of drug-likeness (QED) is 0.198. The number of carbonyl (C=O) groups excluding carboxylic acids is 1. The second kappa shape index (κ2) is 17.2. The van der Waals surface area contributed by atoms with Crippen LogP contribution in [-0.2, 0) is 20.0 Å². The molecule has 0 saturated heterocycles. The summed E-state index contributed by atoms with van der Waals surface area (Å²) in [6.07, 6.45) is 13.1. The average molecular weight is 661 g/mol. The predicted octanol–water partition coefficient (Wildman–Crippen LogP) is 9.33. The molecule has 2 saturated carbocycles. The van der Waals surface area contributed by atoms with Crippen molar-refractivity contribution in [3.05, 3.63) is 95.5 Å². The number of aliphatic hydroxyl groups is 1. The van der Waals surface area contributed by atoms with E-state index in [0.29, 0.717) is 29.7 Å². The minimum absolute atomic E-state index is 0.0318. The topological polar surface area (TPSA) is 108 Å². The van der Waals surface area contributed by atoms with Gasteiger partial charge in [-0.2, -0.15) is 5.26 Å². The number of nitrogens with zero attached hydrogens (tertiary/aromatic N) is 6. The third-order valence-electron chi connectivity index (χ3n) is 9.07. The molecule has 1 N–H and O–H groups in total. The Labute approximate surface area is 292 Å². The molecule has 4 aromatic rings. The van der Waals surface area contributed by atoms with Gasteiger partial charge >= 0.3 is 0 Å². The van der Waals surface area contributed by atoms with Gasteiger partial charge < -0.3 is 9.67 Å². The molecule has 0 unspecified atom stereocenters. The van der Waals surface area contributed by atoms with Gasteiger partial charge in [0.05, 0.1) is 23.8 Å². The van der Waals surface area contributed by atoms with Crippen LogP contribution in [0.5, 0.6) is 0 Å². The number of aryl methyl sites for hydroxylation is 1. The third-order valence-corrected chi connectivity index (χ3v) is 9.07. The molecule has 8 heteroatoms. The highest BCUT2D eigenvalue weighted by molar-refractivity contribution is 6.10. The SMILES string of the molecule is C=CCc1ccc2c(c1)C(=O)N(c1cc(-c3ccc(C#N)cc3-c3nncn3C)cc(C3CC3)n1)C2.CC.CCC.CCC1(O)CCCC1. The van der Waals surface area contributed by atoms with Gasteiger partial charge in [-0.1, -0.05) is 78.2 Å². The van der Waals surface area contributed by atoms with Gasteiger partial charge in [0.25, 0.3) is 5.91 Å². The van der Waals surface area contributed by atoms with E-state index in [1.807, 2.05) is 67.9 Å². The summed E-state index contributed by atoms with van der Waals surface area (Å²) in [7, 11) is 1.88. The molecule has 1 aliphatic heterocycles. The van der Waals surface area contributed by atoms with E-state index in [9.17, 15) is 15.2 Å². The van der Waals surface area contributed by atoms with Crippen LogP contribution in [0, 0.1) is 11.3 Å². The number of benzene rings is 2. The van der Waals surface area contributed by atoms with Gasteiger partial charge in [-0.05, 0) is 91.1 Å². The molecule has 0 bridgehead atoms. The van der Waals surface area contributed by atoms with E-state index in [1.54, 1.807) is 11.2 Å². The highest BCUT2D eigenvalue weighted by Crippen LogP contribution is 2.43. The Morgan fingerprint density at radius 3 is 2.31 bits per heavy atom. The van der Waals surface area contributed by atoms with Crippen molar-refractivity contribution in [1.82, 2.24) is 19.7 Å². The zero-order valence-electron chi connectivity index (χ0n) is 30.2. The minimum atomic E-state index is -0.264. The van der Waals surface area contributed by atoms with E-state index in [4.69, 9.17) is 4.98 Å². The van der Waals surface area contributed by atoms with Gasteiger partial charge in [0.1, 0.15) is 12.1 Å². The second-order valence-corrected chi connectivity index (χ2v) is 12.9. The van der Waals surface area contributed by atoms with Gasteiger partial charge in [-0.15, -0.1) is 16.8 Å². The fraction of sp³-hybridized carbons (Fsp3) is 0.439. The van der Waals surface area contributed by atoms with Crippen molar-refractivity contribution >= 4 is 11.7 Å². The lowest BCUT2D eigenvalue weighted by atomic mass is 9.96. The van der Waals surface area contributed by atoms with Crippen LogP contribution in [0.3, 0.4) is 0 Å². The Bertz CT molecular complexity index is 1770. The molecule has 2 aromatic carbocycles. The number of hydrogen-bond donors (Lipinski definition) is 1. The molecule has 3 aliphatic rings. The summed E-state index contributed by atoms with van der Waals surface area (Å²) >= 11 is 0. The Kier molecular flexibility index (Phi) is 13.0. The van der Waals surface area contributed by atoms with Crippen LogP contribution in [0.4, 0.5) is 5.82 Å². The normalized spacial score (nSPS) is 15.5. The monoisotopic (exact) mass is 660 g/mol. The van der Waals surface area contributed by atoms with Gasteiger partial charge in [0.2, 0.25) is 0 Å². The number of fused-ring (bicyclic) bond motifs is 1. The molecule has 2 aromatic heterocycles. The molecule has 258 valence electrons. The number of pyridine rings is 1. The van der Waals surface area contributed by atoms with Crippen LogP contribution in [0.25, 0.3) is 22.5 Å². The molecule has 3 heterocycles. The van der Waals surface area contributed by atoms with Crippen molar-refractivity contribution in [2.24, 2.45) is 7.05 Å². The van der Waals surface area contributed by atoms with Crippen molar-refractivity contribution < 1.29 is 9.90 Å². The van der Waals surface area contributed by atoms with Crippen LogP contribution >= 0.6 is 0 Å². The first kappa shape index (κ1) is 37.2. The average Bonchev–Trinajstić information content (AvgIpc) is 3.61. The highest BCUT2D eigenvalue weighted by atomic mass is 16.3. The van der Waals surface area contributed by atoms with E-state index in [1.165, 1.54) is 19.3 Å². The number of aromatic nitrogens is 4. The predicted molar refractivity (Wildman–Crippen MR) is 198 cm³/mol. The number of amides is 1. The van der Waals surface area contributed by atoms with Crippen LogP contribution in [0.15, 0.2) is 67.5 Å². The van der Waals surface area contributed by atoms with Crippen molar-refractivity contribution in [2.75, 3.05) is 4.90 Å². The van der Waals surface area contributed by atoms with E-state index in [0.717, 1.165) is 77.6 Å². The molecule has 49 heavy (non-hydrogen) atoms. The van der Waals surface area contributed by atoms with Crippen LogP contribution in [0.1, 0.15) is 125 Å². The van der Waals surface area contributed by atoms with E-state index in [-0.39, 0.29) is 11.5 Å². The minimum Gasteiger partial charge on any atom is -0.390 e. The van der Waals surface area contributed by atoms with Crippen molar-refractivity contribution in [3.63, 3.8) is 0 Å². The maximum atomic E-state index is 13.5. The van der Waals surface area contributed by atoms with Gasteiger partial charge in [0, 0.05) is 29.8 Å². The summed E-state index contributed by atoms with van der Waals surface area (Å²) in [5.41, 5.74) is 6.77. The summed E-state index contributed by atoms with van der Waals surface area (Å²) in [4.78, 5) is 20.2. The largest absolute Gasteiger partial charge is 0.390 e. The Morgan fingerprint density at radius 1 is 1.02 bits per heavy atom. The lowest BCUT2D eigenvalue weighted by Gasteiger charge is -2.18. The van der Waals surface area contributed by atoms with Crippen molar-refractivity contribution in [1.29, 1.82) is 5.26 Å². The van der Waals surface area contributed by atoms with E-state index >= 15 is 0 Å². The van der Waals surface area contributed by atoms with E-state index < -0.39 is 0 Å². The van der Waals surface area contributed by atoms with Crippen molar-refractivity contribution in [3.8, 4) is 28.6 Å². The molecule has 8 nitrogen and oxygen atoms in total. The first-order chi connectivity index (χ1) is 23.7. The summed E-state index contributed by atoms with van der Waals surface area (Å²) < 4.78 is 1.84. The molecule has 0 atom stereocenters. The number of allylic oxidation sites excluding steroid dienone is 1. The highest BCUT2D eigenvalue weighted by Gasteiger charge is 2.32. The van der Waals surface area contributed by atoms with Crippen LogP contribution in [-0.4, -0.2) is 36.4 Å². The Hall–Kier alpha value is -4.61. The molecular weight excluding hydrogens is 608 g/mol. The van der Waals surface area contributed by atoms with Crippen LogP contribution in [0.2, 0.25) is 0 Å². The lowest BCUT2D eigenvalue weighted by molar-refractivity contribution is 0.0439.